The van der Waals surface area contributed by atoms with E-state index in [0.29, 0.717) is 11.3 Å². The van der Waals surface area contributed by atoms with E-state index in [1.54, 1.807) is 25.1 Å². The van der Waals surface area contributed by atoms with Crippen LogP contribution in [0.15, 0.2) is 24.3 Å². The SMILES string of the molecule is CCOC(=O)c1cccc(NC(=O)NCC(=O)O)c1. The van der Waals surface area contributed by atoms with Crippen LogP contribution in [0.25, 0.3) is 0 Å². The second kappa shape index (κ2) is 7.00. The van der Waals surface area contributed by atoms with Crippen molar-refractivity contribution in [3.05, 3.63) is 29.8 Å². The second-order valence-electron chi connectivity index (χ2n) is 3.50. The molecule has 0 aliphatic rings. The fourth-order valence-corrected chi connectivity index (χ4v) is 1.27. The van der Waals surface area contributed by atoms with E-state index in [0.717, 1.165) is 0 Å². The average Bonchev–Trinajstić information content (AvgIpc) is 2.37. The number of hydrogen-bond acceptors (Lipinski definition) is 4. The molecule has 0 bridgehead atoms. The van der Waals surface area contributed by atoms with Gasteiger partial charge in [-0.25, -0.2) is 9.59 Å². The van der Waals surface area contributed by atoms with Crippen LogP contribution >= 0.6 is 0 Å². The van der Waals surface area contributed by atoms with Crippen LogP contribution in [0.3, 0.4) is 0 Å². The fourth-order valence-electron chi connectivity index (χ4n) is 1.27. The number of urea groups is 1. The summed E-state index contributed by atoms with van der Waals surface area (Å²) in [5, 5.41) is 13.0. The number of benzene rings is 1. The van der Waals surface area contributed by atoms with E-state index >= 15 is 0 Å². The molecular weight excluding hydrogens is 252 g/mol. The third-order valence-electron chi connectivity index (χ3n) is 2.03. The van der Waals surface area contributed by atoms with Crippen molar-refractivity contribution in [3.8, 4) is 0 Å². The van der Waals surface area contributed by atoms with E-state index in [4.69, 9.17) is 9.84 Å². The van der Waals surface area contributed by atoms with E-state index in [1.165, 1.54) is 6.07 Å². The quantitative estimate of drug-likeness (QED) is 0.691. The molecule has 0 saturated heterocycles. The van der Waals surface area contributed by atoms with Gasteiger partial charge in [0.15, 0.2) is 0 Å². The van der Waals surface area contributed by atoms with Crippen LogP contribution in [0, 0.1) is 0 Å². The molecule has 0 atom stereocenters. The van der Waals surface area contributed by atoms with Crippen LogP contribution in [0.1, 0.15) is 17.3 Å². The summed E-state index contributed by atoms with van der Waals surface area (Å²) in [4.78, 5) is 33.1. The predicted molar refractivity (Wildman–Crippen MR) is 67.1 cm³/mol. The fraction of sp³-hybridized carbons (Fsp3) is 0.250. The molecule has 0 aromatic heterocycles. The number of amides is 2. The molecule has 0 aliphatic carbocycles. The summed E-state index contributed by atoms with van der Waals surface area (Å²) in [6.07, 6.45) is 0. The van der Waals surface area contributed by atoms with Gasteiger partial charge in [-0.1, -0.05) is 6.07 Å². The third-order valence-corrected chi connectivity index (χ3v) is 2.03. The molecule has 0 fully saturated rings. The van der Waals surface area contributed by atoms with Gasteiger partial charge in [0.1, 0.15) is 6.54 Å². The first kappa shape index (κ1) is 14.5. The molecule has 0 radical (unpaired) electrons. The molecule has 2 amide bonds. The molecule has 1 aromatic carbocycles. The Balaban J connectivity index is 2.64. The van der Waals surface area contributed by atoms with Gasteiger partial charge in [-0.05, 0) is 25.1 Å². The summed E-state index contributed by atoms with van der Waals surface area (Å²) in [7, 11) is 0. The van der Waals surface area contributed by atoms with E-state index in [-0.39, 0.29) is 6.61 Å². The van der Waals surface area contributed by atoms with Gasteiger partial charge in [-0.2, -0.15) is 0 Å². The van der Waals surface area contributed by atoms with Crippen molar-refractivity contribution in [3.63, 3.8) is 0 Å². The number of esters is 1. The Kier molecular flexibility index (Phi) is 5.34. The lowest BCUT2D eigenvalue weighted by molar-refractivity contribution is -0.135. The monoisotopic (exact) mass is 266 g/mol. The standard InChI is InChI=1S/C12H14N2O5/c1-2-19-11(17)8-4-3-5-9(6-8)14-12(18)13-7-10(15)16/h3-6H,2,7H2,1H3,(H,15,16)(H2,13,14,18). The maximum Gasteiger partial charge on any atom is 0.338 e. The molecule has 0 saturated carbocycles. The molecule has 7 heteroatoms. The molecule has 102 valence electrons. The summed E-state index contributed by atoms with van der Waals surface area (Å²) in [5.41, 5.74) is 0.673. The summed E-state index contributed by atoms with van der Waals surface area (Å²) < 4.78 is 4.82. The Hall–Kier alpha value is -2.57. The van der Waals surface area contributed by atoms with Gasteiger partial charge in [0.25, 0.3) is 0 Å². The van der Waals surface area contributed by atoms with Crippen LogP contribution in [0.2, 0.25) is 0 Å². The first-order valence-corrected chi connectivity index (χ1v) is 5.56. The Morgan fingerprint density at radius 1 is 1.32 bits per heavy atom. The molecule has 0 heterocycles. The zero-order valence-electron chi connectivity index (χ0n) is 10.3. The summed E-state index contributed by atoms with van der Waals surface area (Å²) in [6.45, 7) is 1.47. The number of hydrogen-bond donors (Lipinski definition) is 3. The van der Waals surface area contributed by atoms with E-state index < -0.39 is 24.5 Å². The zero-order chi connectivity index (χ0) is 14.3. The van der Waals surface area contributed by atoms with Crippen LogP contribution in [-0.2, 0) is 9.53 Å². The van der Waals surface area contributed by atoms with E-state index in [2.05, 4.69) is 10.6 Å². The van der Waals surface area contributed by atoms with Crippen molar-refractivity contribution in [1.82, 2.24) is 5.32 Å². The number of nitrogens with one attached hydrogen (secondary N) is 2. The van der Waals surface area contributed by atoms with Gasteiger partial charge in [0.2, 0.25) is 0 Å². The number of carboxylic acids is 1. The highest BCUT2D eigenvalue weighted by Crippen LogP contribution is 2.11. The maximum absolute atomic E-state index is 11.5. The first-order chi connectivity index (χ1) is 9.02. The number of aliphatic carboxylic acids is 1. The minimum absolute atomic E-state index is 0.260. The number of rotatable bonds is 5. The summed E-state index contributed by atoms with van der Waals surface area (Å²) in [5.74, 6) is -1.63. The highest BCUT2D eigenvalue weighted by molar-refractivity contribution is 5.94. The van der Waals surface area contributed by atoms with Gasteiger partial charge < -0.3 is 20.5 Å². The lowest BCUT2D eigenvalue weighted by atomic mass is 10.2. The minimum atomic E-state index is -1.14. The Morgan fingerprint density at radius 2 is 2.05 bits per heavy atom. The van der Waals surface area contributed by atoms with E-state index in [9.17, 15) is 14.4 Å². The predicted octanol–water partition coefficient (Wildman–Crippen LogP) is 1.07. The van der Waals surface area contributed by atoms with E-state index in [1.807, 2.05) is 0 Å². The number of carbonyl (C=O) groups is 3. The maximum atomic E-state index is 11.5. The van der Waals surface area contributed by atoms with Crippen molar-refractivity contribution in [2.75, 3.05) is 18.5 Å². The lowest BCUT2D eigenvalue weighted by Gasteiger charge is -2.07. The lowest BCUT2D eigenvalue weighted by Crippen LogP contribution is -2.33. The molecule has 3 N–H and O–H groups in total. The number of carbonyl (C=O) groups excluding carboxylic acids is 2. The van der Waals surface area contributed by atoms with Gasteiger partial charge in [-0.15, -0.1) is 0 Å². The highest BCUT2D eigenvalue weighted by Gasteiger charge is 2.08. The molecule has 0 aliphatic heterocycles. The molecule has 0 spiro atoms. The van der Waals surface area contributed by atoms with Crippen LogP contribution in [-0.4, -0.2) is 36.2 Å². The first-order valence-electron chi connectivity index (χ1n) is 5.56. The van der Waals surface area contributed by atoms with Crippen molar-refractivity contribution in [2.24, 2.45) is 0 Å². The molecular formula is C12H14N2O5. The number of ether oxygens (including phenoxy) is 1. The van der Waals surface area contributed by atoms with Gasteiger partial charge in [0, 0.05) is 5.69 Å². The normalized spacial score (nSPS) is 9.53. The smallest absolute Gasteiger partial charge is 0.338 e. The van der Waals surface area contributed by atoms with Crippen molar-refractivity contribution in [2.45, 2.75) is 6.92 Å². The molecule has 19 heavy (non-hydrogen) atoms. The topological polar surface area (TPSA) is 105 Å². The summed E-state index contributed by atoms with van der Waals surface area (Å²) >= 11 is 0. The molecule has 0 unspecified atom stereocenters. The Bertz CT molecular complexity index is 487. The Labute approximate surface area is 109 Å². The molecule has 1 aromatic rings. The number of anilines is 1. The third kappa shape index (κ3) is 5.07. The summed E-state index contributed by atoms with van der Waals surface area (Å²) in [6, 6.07) is 5.49. The van der Waals surface area contributed by atoms with Gasteiger partial charge in [-0.3, -0.25) is 4.79 Å². The molecule has 7 nitrogen and oxygen atoms in total. The largest absolute Gasteiger partial charge is 0.480 e. The zero-order valence-corrected chi connectivity index (χ0v) is 10.3. The molecule has 1 rings (SSSR count). The number of carboxylic acid groups (broad SMARTS) is 1. The van der Waals surface area contributed by atoms with Crippen LogP contribution in [0.5, 0.6) is 0 Å². The Morgan fingerprint density at radius 3 is 2.68 bits per heavy atom. The van der Waals surface area contributed by atoms with Crippen LogP contribution in [0.4, 0.5) is 10.5 Å². The van der Waals surface area contributed by atoms with Crippen molar-refractivity contribution < 1.29 is 24.2 Å². The minimum Gasteiger partial charge on any atom is -0.480 e. The van der Waals surface area contributed by atoms with Crippen molar-refractivity contribution >= 4 is 23.7 Å². The average molecular weight is 266 g/mol. The second-order valence-corrected chi connectivity index (χ2v) is 3.50. The van der Waals surface area contributed by atoms with Crippen molar-refractivity contribution in [1.29, 1.82) is 0 Å². The van der Waals surface area contributed by atoms with Crippen LogP contribution < -0.4 is 10.6 Å². The van der Waals surface area contributed by atoms with Gasteiger partial charge >= 0.3 is 18.0 Å². The highest BCUT2D eigenvalue weighted by atomic mass is 16.5. The van der Waals surface area contributed by atoms with Gasteiger partial charge in [0.05, 0.1) is 12.2 Å².